The van der Waals surface area contributed by atoms with Gasteiger partial charge < -0.3 is 4.42 Å². The van der Waals surface area contributed by atoms with Gasteiger partial charge in [0.1, 0.15) is 6.07 Å². The summed E-state index contributed by atoms with van der Waals surface area (Å²) in [7, 11) is 0. The summed E-state index contributed by atoms with van der Waals surface area (Å²) >= 11 is 0. The summed E-state index contributed by atoms with van der Waals surface area (Å²) in [6.07, 6.45) is 0. The normalized spacial score (nSPS) is 8.89. The first kappa shape index (κ1) is 5.63. The van der Waals surface area contributed by atoms with E-state index in [9.17, 15) is 4.79 Å². The Bertz CT molecular complexity index is 301. The molecule has 4 heteroatoms. The number of hydrogen-bond acceptors (Lipinski definition) is 3. The Morgan fingerprint density at radius 3 is 2.67 bits per heavy atom. The number of nitriles is 1. The van der Waals surface area contributed by atoms with Crippen LogP contribution in [0.1, 0.15) is 11.5 Å². The third-order valence-corrected chi connectivity index (χ3v) is 0.926. The van der Waals surface area contributed by atoms with Gasteiger partial charge in [0.15, 0.2) is 0 Å². The van der Waals surface area contributed by atoms with Crippen LogP contribution in [0.25, 0.3) is 0 Å². The summed E-state index contributed by atoms with van der Waals surface area (Å²) < 4.78 is 4.39. The predicted octanol–water partition coefficient (Wildman–Crippen LogP) is 0.148. The molecule has 1 N–H and O–H groups in total. The van der Waals surface area contributed by atoms with Gasteiger partial charge in [-0.25, -0.2) is 4.79 Å². The Hall–Kier alpha value is -1.50. The van der Waals surface area contributed by atoms with Gasteiger partial charge in [-0.2, -0.15) is 5.26 Å². The van der Waals surface area contributed by atoms with Crippen LogP contribution in [0.15, 0.2) is 9.21 Å². The second kappa shape index (κ2) is 1.78. The van der Waals surface area contributed by atoms with E-state index in [4.69, 9.17) is 5.26 Å². The summed E-state index contributed by atoms with van der Waals surface area (Å²) in [5.41, 5.74) is 0.475. The molecular weight excluding hydrogens is 120 g/mol. The van der Waals surface area contributed by atoms with Crippen molar-refractivity contribution in [2.45, 2.75) is 6.92 Å². The van der Waals surface area contributed by atoms with Crippen molar-refractivity contribution in [1.82, 2.24) is 4.98 Å². The molecule has 9 heavy (non-hydrogen) atoms. The van der Waals surface area contributed by atoms with E-state index in [0.717, 1.165) is 0 Å². The minimum absolute atomic E-state index is 0.0556. The van der Waals surface area contributed by atoms with Crippen LogP contribution >= 0.6 is 0 Å². The maximum Gasteiger partial charge on any atom is 0.417 e. The lowest BCUT2D eigenvalue weighted by molar-refractivity contribution is 0.503. The topological polar surface area (TPSA) is 69.8 Å². The summed E-state index contributed by atoms with van der Waals surface area (Å²) in [6.45, 7) is 1.60. The SMILES string of the molecule is Cc1[nH]c(=O)oc1C#N. The van der Waals surface area contributed by atoms with Gasteiger partial charge in [0.05, 0.1) is 5.69 Å². The van der Waals surface area contributed by atoms with Crippen LogP contribution in [-0.4, -0.2) is 4.98 Å². The number of rotatable bonds is 0. The molecule has 1 heterocycles. The highest BCUT2D eigenvalue weighted by Gasteiger charge is 2.01. The number of aromatic amines is 1. The molecule has 1 aromatic rings. The van der Waals surface area contributed by atoms with E-state index in [-0.39, 0.29) is 5.76 Å². The van der Waals surface area contributed by atoms with Gasteiger partial charge in [-0.05, 0) is 6.92 Å². The van der Waals surface area contributed by atoms with Gasteiger partial charge in [-0.1, -0.05) is 0 Å². The van der Waals surface area contributed by atoms with Crippen LogP contribution < -0.4 is 5.76 Å². The zero-order valence-electron chi connectivity index (χ0n) is 4.76. The number of hydrogen-bond donors (Lipinski definition) is 1. The molecule has 0 spiro atoms. The molecule has 0 aliphatic carbocycles. The van der Waals surface area contributed by atoms with Crippen molar-refractivity contribution in [2.75, 3.05) is 0 Å². The van der Waals surface area contributed by atoms with Gasteiger partial charge >= 0.3 is 5.76 Å². The van der Waals surface area contributed by atoms with Gasteiger partial charge in [0.25, 0.3) is 0 Å². The van der Waals surface area contributed by atoms with E-state index in [1.807, 2.05) is 0 Å². The van der Waals surface area contributed by atoms with Crippen molar-refractivity contribution in [2.24, 2.45) is 0 Å². The van der Waals surface area contributed by atoms with E-state index in [1.54, 1.807) is 13.0 Å². The number of H-pyrrole nitrogens is 1. The standard InChI is InChI=1S/C5H4N2O2/c1-3-4(2-6)9-5(8)7-3/h1H3,(H,7,8). The lowest BCUT2D eigenvalue weighted by Crippen LogP contribution is -1.93. The lowest BCUT2D eigenvalue weighted by atomic mass is 10.4. The number of aryl methyl sites for hydroxylation is 1. The van der Waals surface area contributed by atoms with Crippen molar-refractivity contribution < 1.29 is 4.42 Å². The fourth-order valence-corrected chi connectivity index (χ4v) is 0.511. The molecule has 0 aliphatic rings. The van der Waals surface area contributed by atoms with E-state index in [2.05, 4.69) is 9.40 Å². The molecule has 0 atom stereocenters. The highest BCUT2D eigenvalue weighted by molar-refractivity contribution is 5.19. The molecule has 1 aromatic heterocycles. The largest absolute Gasteiger partial charge is 0.417 e. The minimum atomic E-state index is -0.580. The fraction of sp³-hybridized carbons (Fsp3) is 0.200. The predicted molar refractivity (Wildman–Crippen MR) is 28.8 cm³/mol. The van der Waals surface area contributed by atoms with Crippen molar-refractivity contribution in [3.63, 3.8) is 0 Å². The zero-order chi connectivity index (χ0) is 6.85. The average Bonchev–Trinajstić information content (AvgIpc) is 2.10. The summed E-state index contributed by atoms with van der Waals surface area (Å²) in [5, 5.41) is 8.23. The number of aromatic nitrogens is 1. The Morgan fingerprint density at radius 1 is 1.78 bits per heavy atom. The molecule has 0 bridgehead atoms. The number of nitrogens with one attached hydrogen (secondary N) is 1. The molecule has 0 amide bonds. The van der Waals surface area contributed by atoms with Crippen LogP contribution in [0.4, 0.5) is 0 Å². The number of nitrogens with zero attached hydrogens (tertiary/aromatic N) is 1. The summed E-state index contributed by atoms with van der Waals surface area (Å²) in [5.74, 6) is -0.524. The Morgan fingerprint density at radius 2 is 2.44 bits per heavy atom. The van der Waals surface area contributed by atoms with E-state index < -0.39 is 5.76 Å². The van der Waals surface area contributed by atoms with Crippen LogP contribution in [0.3, 0.4) is 0 Å². The molecule has 0 aliphatic heterocycles. The van der Waals surface area contributed by atoms with E-state index >= 15 is 0 Å². The van der Waals surface area contributed by atoms with Crippen LogP contribution in [0, 0.1) is 18.3 Å². The third-order valence-electron chi connectivity index (χ3n) is 0.926. The Balaban J connectivity index is 3.37. The first-order valence-electron chi connectivity index (χ1n) is 2.34. The number of oxazole rings is 1. The van der Waals surface area contributed by atoms with Gasteiger partial charge in [0, 0.05) is 0 Å². The Labute approximate surface area is 50.7 Å². The second-order valence-corrected chi connectivity index (χ2v) is 1.58. The highest BCUT2D eigenvalue weighted by atomic mass is 16.4. The van der Waals surface area contributed by atoms with Crippen molar-refractivity contribution in [3.05, 3.63) is 22.0 Å². The van der Waals surface area contributed by atoms with Crippen molar-refractivity contribution in [1.29, 1.82) is 5.26 Å². The molecule has 0 radical (unpaired) electrons. The van der Waals surface area contributed by atoms with Gasteiger partial charge in [-0.3, -0.25) is 4.98 Å². The quantitative estimate of drug-likeness (QED) is 0.535. The minimum Gasteiger partial charge on any atom is -0.397 e. The molecule has 46 valence electrons. The van der Waals surface area contributed by atoms with Crippen LogP contribution in [0.2, 0.25) is 0 Å². The maximum atomic E-state index is 10.3. The van der Waals surface area contributed by atoms with Gasteiger partial charge in [0.2, 0.25) is 5.76 Å². The highest BCUT2D eigenvalue weighted by Crippen LogP contribution is 1.96. The lowest BCUT2D eigenvalue weighted by Gasteiger charge is -1.74. The maximum absolute atomic E-state index is 10.3. The Kier molecular flexibility index (Phi) is 1.12. The molecule has 0 saturated carbocycles. The molecule has 0 aromatic carbocycles. The third kappa shape index (κ3) is 0.842. The van der Waals surface area contributed by atoms with E-state index in [0.29, 0.717) is 5.69 Å². The van der Waals surface area contributed by atoms with Crippen molar-refractivity contribution >= 4 is 0 Å². The zero-order valence-corrected chi connectivity index (χ0v) is 4.76. The molecule has 0 unspecified atom stereocenters. The summed E-state index contributed by atoms with van der Waals surface area (Å²) in [6, 6.07) is 1.72. The van der Waals surface area contributed by atoms with Crippen molar-refractivity contribution in [3.8, 4) is 6.07 Å². The smallest absolute Gasteiger partial charge is 0.397 e. The summed E-state index contributed by atoms with van der Waals surface area (Å²) in [4.78, 5) is 12.6. The first-order valence-corrected chi connectivity index (χ1v) is 2.34. The fourth-order valence-electron chi connectivity index (χ4n) is 0.511. The van der Waals surface area contributed by atoms with Crippen LogP contribution in [0.5, 0.6) is 0 Å². The molecule has 0 fully saturated rings. The van der Waals surface area contributed by atoms with Crippen LogP contribution in [-0.2, 0) is 0 Å². The first-order chi connectivity index (χ1) is 4.24. The monoisotopic (exact) mass is 124 g/mol. The molecule has 1 rings (SSSR count). The molecular formula is C5H4N2O2. The average molecular weight is 124 g/mol. The molecule has 4 nitrogen and oxygen atoms in total. The second-order valence-electron chi connectivity index (χ2n) is 1.58. The molecule has 0 saturated heterocycles. The van der Waals surface area contributed by atoms with E-state index in [1.165, 1.54) is 0 Å². The van der Waals surface area contributed by atoms with Gasteiger partial charge in [-0.15, -0.1) is 0 Å².